The number of hydrogen-bond donors (Lipinski definition) is 2. The van der Waals surface area contributed by atoms with Gasteiger partial charge < -0.3 is 5.32 Å². The molecule has 0 aliphatic rings. The number of aromatic nitrogens is 1. The zero-order valence-electron chi connectivity index (χ0n) is 11.7. The summed E-state index contributed by atoms with van der Waals surface area (Å²) in [6.45, 7) is 4.42. The van der Waals surface area contributed by atoms with E-state index >= 15 is 0 Å². The van der Waals surface area contributed by atoms with E-state index in [9.17, 15) is 4.79 Å². The molecule has 0 bridgehead atoms. The molecule has 4 nitrogen and oxygen atoms in total. The molecular formula is C15H19N3OS. The molecule has 5 heteroatoms. The topological polar surface area (TPSA) is 54.0 Å². The molecule has 0 spiro atoms. The second-order valence-electron chi connectivity index (χ2n) is 4.79. The normalized spacial score (nSPS) is 13.7. The molecule has 1 amide bonds. The number of thiazole rings is 1. The third-order valence-corrected chi connectivity index (χ3v) is 4.35. The van der Waals surface area contributed by atoms with Crippen LogP contribution in [0.1, 0.15) is 25.3 Å². The Morgan fingerprint density at radius 3 is 2.70 bits per heavy atom. The molecule has 2 rings (SSSR count). The third kappa shape index (κ3) is 3.65. The van der Waals surface area contributed by atoms with Crippen molar-refractivity contribution in [1.29, 1.82) is 0 Å². The van der Waals surface area contributed by atoms with Gasteiger partial charge >= 0.3 is 0 Å². The third-order valence-electron chi connectivity index (χ3n) is 3.31. The van der Waals surface area contributed by atoms with E-state index in [1.54, 1.807) is 17.5 Å². The van der Waals surface area contributed by atoms with Crippen LogP contribution in [0, 0.1) is 0 Å². The molecule has 2 aromatic rings. The number of hydrogen-bond acceptors (Lipinski definition) is 4. The molecule has 0 radical (unpaired) electrons. The van der Waals surface area contributed by atoms with Gasteiger partial charge in [0.05, 0.1) is 12.1 Å². The zero-order chi connectivity index (χ0) is 14.4. The van der Waals surface area contributed by atoms with Crippen molar-refractivity contribution in [3.05, 3.63) is 46.9 Å². The highest BCUT2D eigenvalue weighted by Gasteiger charge is 2.27. The number of nitrogens with one attached hydrogen (secondary N) is 2. The predicted octanol–water partition coefficient (Wildman–Crippen LogP) is 3.00. The lowest BCUT2D eigenvalue weighted by atomic mass is 10.00. The first kappa shape index (κ1) is 14.7. The average molecular weight is 289 g/mol. The molecule has 1 heterocycles. The summed E-state index contributed by atoms with van der Waals surface area (Å²) >= 11 is 1.60. The molecular weight excluding hydrogens is 270 g/mol. The fraction of sp³-hybridized carbons (Fsp3) is 0.333. The summed E-state index contributed by atoms with van der Waals surface area (Å²) in [5, 5.41) is 9.13. The highest BCUT2D eigenvalue weighted by Crippen LogP contribution is 2.25. The molecule has 20 heavy (non-hydrogen) atoms. The van der Waals surface area contributed by atoms with Gasteiger partial charge in [0.2, 0.25) is 5.91 Å². The highest BCUT2D eigenvalue weighted by molar-refractivity contribution is 7.09. The van der Waals surface area contributed by atoms with Crippen LogP contribution in [0.3, 0.4) is 0 Å². The van der Waals surface area contributed by atoms with Crippen LogP contribution < -0.4 is 10.6 Å². The molecule has 0 aliphatic carbocycles. The first-order valence-corrected chi connectivity index (χ1v) is 7.52. The lowest BCUT2D eigenvalue weighted by molar-refractivity contribution is -0.115. The first-order chi connectivity index (χ1) is 9.64. The van der Waals surface area contributed by atoms with Crippen LogP contribution in [0.2, 0.25) is 0 Å². The summed E-state index contributed by atoms with van der Waals surface area (Å²) in [5.74, 6) is -0.0487. The number of carbonyl (C=O) groups excluding carboxylic acids is 1. The average Bonchev–Trinajstić information content (AvgIpc) is 3.01. The van der Waals surface area contributed by atoms with Crippen LogP contribution in [0.4, 0.5) is 5.69 Å². The van der Waals surface area contributed by atoms with Crippen molar-refractivity contribution in [3.63, 3.8) is 0 Å². The number of para-hydroxylation sites is 1. The fourth-order valence-corrected chi connectivity index (χ4v) is 2.70. The van der Waals surface area contributed by atoms with Gasteiger partial charge in [-0.1, -0.05) is 25.1 Å². The number of amides is 1. The van der Waals surface area contributed by atoms with Gasteiger partial charge in [-0.15, -0.1) is 11.3 Å². The fourth-order valence-electron chi connectivity index (χ4n) is 1.85. The summed E-state index contributed by atoms with van der Waals surface area (Å²) < 4.78 is 0. The van der Waals surface area contributed by atoms with E-state index in [4.69, 9.17) is 0 Å². The van der Waals surface area contributed by atoms with E-state index in [-0.39, 0.29) is 18.0 Å². The molecule has 0 unspecified atom stereocenters. The van der Waals surface area contributed by atoms with Crippen molar-refractivity contribution < 1.29 is 4.79 Å². The van der Waals surface area contributed by atoms with Crippen molar-refractivity contribution in [3.8, 4) is 0 Å². The monoisotopic (exact) mass is 289 g/mol. The lowest BCUT2D eigenvalue weighted by Gasteiger charge is -2.27. The van der Waals surface area contributed by atoms with E-state index < -0.39 is 0 Å². The molecule has 0 saturated heterocycles. The number of rotatable bonds is 6. The summed E-state index contributed by atoms with van der Waals surface area (Å²) in [7, 11) is 0. The van der Waals surface area contributed by atoms with E-state index in [0.29, 0.717) is 0 Å². The summed E-state index contributed by atoms with van der Waals surface area (Å²) in [6, 6.07) is 9.46. The minimum Gasteiger partial charge on any atom is -0.325 e. The first-order valence-electron chi connectivity index (χ1n) is 6.64. The van der Waals surface area contributed by atoms with Gasteiger partial charge in [-0.2, -0.15) is 0 Å². The number of benzene rings is 1. The van der Waals surface area contributed by atoms with Gasteiger partial charge in [0, 0.05) is 17.3 Å². The maximum absolute atomic E-state index is 12.0. The SMILES string of the molecule is CC[C@@](C)(NCC(=O)Nc1ccccc1)c1nccs1. The van der Waals surface area contributed by atoms with Crippen LogP contribution in [0.15, 0.2) is 41.9 Å². The van der Waals surface area contributed by atoms with E-state index in [2.05, 4.69) is 29.5 Å². The van der Waals surface area contributed by atoms with Gasteiger partial charge in [0.1, 0.15) is 5.01 Å². The van der Waals surface area contributed by atoms with Crippen LogP contribution in [0.25, 0.3) is 0 Å². The number of carbonyl (C=O) groups is 1. The van der Waals surface area contributed by atoms with Gasteiger partial charge in [0.25, 0.3) is 0 Å². The van der Waals surface area contributed by atoms with Gasteiger partial charge in [-0.05, 0) is 25.5 Å². The Balaban J connectivity index is 1.92. The highest BCUT2D eigenvalue weighted by atomic mass is 32.1. The molecule has 1 aromatic carbocycles. The van der Waals surface area contributed by atoms with Crippen LogP contribution in [-0.2, 0) is 10.3 Å². The molecule has 2 N–H and O–H groups in total. The quantitative estimate of drug-likeness (QED) is 0.859. The summed E-state index contributed by atoms with van der Waals surface area (Å²) in [4.78, 5) is 16.3. The molecule has 0 saturated carbocycles. The minimum absolute atomic E-state index is 0.0487. The van der Waals surface area contributed by atoms with Crippen molar-refractivity contribution in [1.82, 2.24) is 10.3 Å². The van der Waals surface area contributed by atoms with Crippen molar-refractivity contribution in [2.75, 3.05) is 11.9 Å². The Morgan fingerprint density at radius 2 is 2.10 bits per heavy atom. The van der Waals surface area contributed by atoms with Gasteiger partial charge in [-0.25, -0.2) is 4.98 Å². The van der Waals surface area contributed by atoms with Crippen LogP contribution >= 0.6 is 11.3 Å². The minimum atomic E-state index is -0.262. The Bertz CT molecular complexity index is 542. The van der Waals surface area contributed by atoms with Crippen molar-refractivity contribution in [2.45, 2.75) is 25.8 Å². The molecule has 1 aromatic heterocycles. The lowest BCUT2D eigenvalue weighted by Crippen LogP contribution is -2.43. The largest absolute Gasteiger partial charge is 0.325 e. The Hall–Kier alpha value is -1.72. The predicted molar refractivity (Wildman–Crippen MR) is 82.8 cm³/mol. The Kier molecular flexibility index (Phi) is 4.87. The zero-order valence-corrected chi connectivity index (χ0v) is 12.5. The number of nitrogens with zero attached hydrogens (tertiary/aromatic N) is 1. The molecule has 0 aliphatic heterocycles. The van der Waals surface area contributed by atoms with Crippen LogP contribution in [-0.4, -0.2) is 17.4 Å². The van der Waals surface area contributed by atoms with E-state index in [1.165, 1.54) is 0 Å². The second kappa shape index (κ2) is 6.63. The maximum Gasteiger partial charge on any atom is 0.238 e. The Labute approximate surface area is 123 Å². The summed E-state index contributed by atoms with van der Waals surface area (Å²) in [6.07, 6.45) is 2.67. The van der Waals surface area contributed by atoms with Crippen molar-refractivity contribution >= 4 is 22.9 Å². The van der Waals surface area contributed by atoms with Crippen LogP contribution in [0.5, 0.6) is 0 Å². The smallest absolute Gasteiger partial charge is 0.238 e. The summed E-state index contributed by atoms with van der Waals surface area (Å²) in [5.41, 5.74) is 0.550. The second-order valence-corrected chi connectivity index (χ2v) is 5.69. The standard InChI is InChI=1S/C15H19N3OS/c1-3-15(2,14-16-9-10-20-14)17-11-13(19)18-12-7-5-4-6-8-12/h4-10,17H,3,11H2,1-2H3,(H,18,19)/t15-/m1/s1. The van der Waals surface area contributed by atoms with Gasteiger partial charge in [0.15, 0.2) is 0 Å². The Morgan fingerprint density at radius 1 is 1.35 bits per heavy atom. The maximum atomic E-state index is 12.0. The molecule has 1 atom stereocenters. The van der Waals surface area contributed by atoms with Crippen molar-refractivity contribution in [2.24, 2.45) is 0 Å². The molecule has 0 fully saturated rings. The number of anilines is 1. The van der Waals surface area contributed by atoms with E-state index in [1.807, 2.05) is 35.7 Å². The van der Waals surface area contributed by atoms with E-state index in [0.717, 1.165) is 17.1 Å². The van der Waals surface area contributed by atoms with Gasteiger partial charge in [-0.3, -0.25) is 10.1 Å². The molecule has 106 valence electrons.